The lowest BCUT2D eigenvalue weighted by molar-refractivity contribution is 0.102. The summed E-state index contributed by atoms with van der Waals surface area (Å²) in [5.41, 5.74) is 1.86. The van der Waals surface area contributed by atoms with Gasteiger partial charge in [-0.1, -0.05) is 25.1 Å². The van der Waals surface area contributed by atoms with Gasteiger partial charge in [0.05, 0.1) is 5.56 Å². The molecule has 162 valence electrons. The van der Waals surface area contributed by atoms with E-state index in [1.807, 2.05) is 35.6 Å². The average Bonchev–Trinajstić information content (AvgIpc) is 3.33. The molecule has 3 aromatic rings. The van der Waals surface area contributed by atoms with Crippen molar-refractivity contribution in [1.29, 1.82) is 0 Å². The first-order chi connectivity index (χ1) is 15.1. The summed E-state index contributed by atoms with van der Waals surface area (Å²) in [6.07, 6.45) is 3.31. The Labute approximate surface area is 187 Å². The fourth-order valence-electron chi connectivity index (χ4n) is 4.08. The monoisotopic (exact) mass is 437 g/mol. The molecule has 4 nitrogen and oxygen atoms in total. The van der Waals surface area contributed by atoms with Crippen molar-refractivity contribution in [3.63, 3.8) is 0 Å². The number of hydrogen-bond acceptors (Lipinski definition) is 4. The Hall–Kier alpha value is -2.70. The summed E-state index contributed by atoms with van der Waals surface area (Å²) in [5, 5.41) is 8.75. The van der Waals surface area contributed by atoms with Crippen LogP contribution in [-0.4, -0.2) is 25.0 Å². The first kappa shape index (κ1) is 21.5. The first-order valence-corrected chi connectivity index (χ1v) is 11.7. The van der Waals surface area contributed by atoms with Gasteiger partial charge in [-0.2, -0.15) is 0 Å². The fraction of sp³-hybridized carbons (Fsp3) is 0.320. The van der Waals surface area contributed by atoms with Crippen molar-refractivity contribution in [2.75, 3.05) is 23.3 Å². The van der Waals surface area contributed by atoms with Gasteiger partial charge >= 0.3 is 0 Å². The molecule has 4 rings (SSSR count). The quantitative estimate of drug-likeness (QED) is 0.487. The summed E-state index contributed by atoms with van der Waals surface area (Å²) < 4.78 is 13.8. The lowest BCUT2D eigenvalue weighted by Crippen LogP contribution is -2.43. The number of hydrogen-bond donors (Lipinski definition) is 2. The van der Waals surface area contributed by atoms with Gasteiger partial charge in [-0.15, -0.1) is 11.3 Å². The van der Waals surface area contributed by atoms with E-state index in [4.69, 9.17) is 0 Å². The number of nitrogens with zero attached hydrogens (tertiary/aromatic N) is 1. The van der Waals surface area contributed by atoms with Crippen molar-refractivity contribution in [3.8, 4) is 0 Å². The Bertz CT molecular complexity index is 982. The second-order valence-corrected chi connectivity index (χ2v) is 8.86. The normalized spacial score (nSPS) is 15.6. The molecule has 31 heavy (non-hydrogen) atoms. The van der Waals surface area contributed by atoms with Gasteiger partial charge in [-0.25, -0.2) is 4.39 Å². The molecule has 0 saturated carbocycles. The highest BCUT2D eigenvalue weighted by Gasteiger charge is 2.22. The number of nitrogens with one attached hydrogen (secondary N) is 2. The van der Waals surface area contributed by atoms with Gasteiger partial charge in [0.1, 0.15) is 5.82 Å². The van der Waals surface area contributed by atoms with Crippen molar-refractivity contribution in [2.24, 2.45) is 0 Å². The highest BCUT2D eigenvalue weighted by Crippen LogP contribution is 2.26. The highest BCUT2D eigenvalue weighted by molar-refractivity contribution is 7.10. The number of halogens is 1. The summed E-state index contributed by atoms with van der Waals surface area (Å²) in [6, 6.07) is 19.1. The fourth-order valence-corrected chi connectivity index (χ4v) is 4.95. The summed E-state index contributed by atoms with van der Waals surface area (Å²) in [7, 11) is 0. The van der Waals surface area contributed by atoms with Gasteiger partial charge in [0.15, 0.2) is 0 Å². The van der Waals surface area contributed by atoms with Gasteiger partial charge < -0.3 is 15.5 Å². The van der Waals surface area contributed by atoms with Crippen LogP contribution in [0.3, 0.4) is 0 Å². The molecule has 0 unspecified atom stereocenters. The number of carbonyl (C=O) groups excluding carboxylic acids is 1. The lowest BCUT2D eigenvalue weighted by Gasteiger charge is -2.35. The van der Waals surface area contributed by atoms with Crippen LogP contribution in [0.15, 0.2) is 66.0 Å². The molecular weight excluding hydrogens is 409 g/mol. The van der Waals surface area contributed by atoms with E-state index >= 15 is 0 Å². The number of benzene rings is 2. The Morgan fingerprint density at radius 3 is 2.48 bits per heavy atom. The van der Waals surface area contributed by atoms with Crippen molar-refractivity contribution in [1.82, 2.24) is 5.32 Å². The molecule has 1 atom stereocenters. The van der Waals surface area contributed by atoms with Crippen LogP contribution in [0.25, 0.3) is 0 Å². The predicted molar refractivity (Wildman–Crippen MR) is 127 cm³/mol. The lowest BCUT2D eigenvalue weighted by atomic mass is 10.0. The summed E-state index contributed by atoms with van der Waals surface area (Å²) in [4.78, 5) is 16.1. The minimum Gasteiger partial charge on any atom is -0.371 e. The maximum atomic E-state index is 13.8. The molecule has 0 radical (unpaired) electrons. The largest absolute Gasteiger partial charge is 0.371 e. The Morgan fingerprint density at radius 1 is 1.10 bits per heavy atom. The Morgan fingerprint density at radius 2 is 1.84 bits per heavy atom. The molecule has 0 spiro atoms. The second kappa shape index (κ2) is 10.1. The zero-order valence-electron chi connectivity index (χ0n) is 17.7. The molecular formula is C25H28FN3OS. The van der Waals surface area contributed by atoms with E-state index in [2.05, 4.69) is 40.0 Å². The van der Waals surface area contributed by atoms with E-state index in [1.165, 1.54) is 17.0 Å². The number of piperidine rings is 1. The minimum atomic E-state index is -0.516. The number of rotatable bonds is 7. The highest BCUT2D eigenvalue weighted by atomic mass is 32.1. The second-order valence-electron chi connectivity index (χ2n) is 7.89. The van der Waals surface area contributed by atoms with Gasteiger partial charge in [0.25, 0.3) is 5.91 Å². The molecule has 0 aliphatic carbocycles. The molecule has 2 aromatic carbocycles. The predicted octanol–water partition coefficient (Wildman–Crippen LogP) is 5.85. The molecule has 2 N–H and O–H groups in total. The molecule has 1 aliphatic rings. The summed E-state index contributed by atoms with van der Waals surface area (Å²) >= 11 is 1.82. The van der Waals surface area contributed by atoms with Crippen LogP contribution in [0.5, 0.6) is 0 Å². The van der Waals surface area contributed by atoms with Crippen LogP contribution in [0.4, 0.5) is 15.8 Å². The van der Waals surface area contributed by atoms with E-state index in [0.717, 1.165) is 38.0 Å². The molecule has 1 aromatic heterocycles. The standard InChI is InChI=1S/C25H28FN3OS/c1-2-23(24-8-5-17-31-24)27-19-13-15-29(16-14-19)20-11-9-18(10-12-20)28-25(30)21-6-3-4-7-22(21)26/h3-12,17,19,23,27H,2,13-16H2,1H3,(H,28,30)/t23-/m0/s1. The number of amides is 1. The van der Waals surface area contributed by atoms with E-state index < -0.39 is 11.7 Å². The zero-order chi connectivity index (χ0) is 21.6. The summed E-state index contributed by atoms with van der Waals surface area (Å²) in [6.45, 7) is 4.23. The van der Waals surface area contributed by atoms with Gasteiger partial charge in [-0.3, -0.25) is 4.79 Å². The van der Waals surface area contributed by atoms with Crippen LogP contribution >= 0.6 is 11.3 Å². The number of thiophene rings is 1. The van der Waals surface area contributed by atoms with Gasteiger partial charge in [-0.05, 0) is 67.1 Å². The summed E-state index contributed by atoms with van der Waals surface area (Å²) in [5.74, 6) is -0.952. The maximum Gasteiger partial charge on any atom is 0.258 e. The van der Waals surface area contributed by atoms with Crippen molar-refractivity contribution < 1.29 is 9.18 Å². The third-order valence-electron chi connectivity index (χ3n) is 5.84. The topological polar surface area (TPSA) is 44.4 Å². The van der Waals surface area contributed by atoms with E-state index in [0.29, 0.717) is 17.8 Å². The molecule has 0 bridgehead atoms. The van der Waals surface area contributed by atoms with Gasteiger partial charge in [0.2, 0.25) is 0 Å². The van der Waals surface area contributed by atoms with E-state index in [-0.39, 0.29) is 5.56 Å². The van der Waals surface area contributed by atoms with Crippen LogP contribution in [0, 0.1) is 5.82 Å². The zero-order valence-corrected chi connectivity index (χ0v) is 18.5. The van der Waals surface area contributed by atoms with Crippen LogP contribution < -0.4 is 15.5 Å². The average molecular weight is 438 g/mol. The first-order valence-electron chi connectivity index (χ1n) is 10.8. The van der Waals surface area contributed by atoms with Crippen molar-refractivity contribution >= 4 is 28.6 Å². The van der Waals surface area contributed by atoms with Crippen LogP contribution in [0.2, 0.25) is 0 Å². The van der Waals surface area contributed by atoms with Crippen molar-refractivity contribution in [3.05, 3.63) is 82.3 Å². The van der Waals surface area contributed by atoms with Crippen molar-refractivity contribution in [2.45, 2.75) is 38.3 Å². The van der Waals surface area contributed by atoms with E-state index in [1.54, 1.807) is 12.1 Å². The van der Waals surface area contributed by atoms with E-state index in [9.17, 15) is 9.18 Å². The SMILES string of the molecule is CC[C@H](NC1CCN(c2ccc(NC(=O)c3ccccc3F)cc2)CC1)c1cccs1. The minimum absolute atomic E-state index is 0.0501. The molecule has 1 amide bonds. The Kier molecular flexibility index (Phi) is 6.99. The Balaban J connectivity index is 1.30. The molecule has 2 heterocycles. The number of anilines is 2. The molecule has 1 aliphatic heterocycles. The molecule has 1 saturated heterocycles. The molecule has 1 fully saturated rings. The van der Waals surface area contributed by atoms with Gasteiger partial charge in [0, 0.05) is 41.4 Å². The third-order valence-corrected chi connectivity index (χ3v) is 6.82. The third kappa shape index (κ3) is 5.32. The number of carbonyl (C=O) groups is 1. The molecule has 6 heteroatoms. The maximum absolute atomic E-state index is 13.8. The smallest absolute Gasteiger partial charge is 0.258 e. The van der Waals surface area contributed by atoms with Crippen LogP contribution in [0.1, 0.15) is 47.5 Å². The van der Waals surface area contributed by atoms with Crippen LogP contribution in [-0.2, 0) is 0 Å².